The predicted molar refractivity (Wildman–Crippen MR) is 64.0 cm³/mol. The van der Waals surface area contributed by atoms with Gasteiger partial charge in [0.1, 0.15) is 11.5 Å². The summed E-state index contributed by atoms with van der Waals surface area (Å²) in [7, 11) is 0. The van der Waals surface area contributed by atoms with Crippen LogP contribution in [0.2, 0.25) is 0 Å². The second-order valence-corrected chi connectivity index (χ2v) is 3.55. The number of carbonyl (C=O) groups excluding carboxylic acids is 1. The summed E-state index contributed by atoms with van der Waals surface area (Å²) in [5.74, 6) is 0.103. The zero-order chi connectivity index (χ0) is 12.3. The highest BCUT2D eigenvalue weighted by atomic mass is 16.2. The van der Waals surface area contributed by atoms with Crippen LogP contribution in [-0.2, 0) is 0 Å². The van der Waals surface area contributed by atoms with Gasteiger partial charge in [-0.25, -0.2) is 4.98 Å². The minimum absolute atomic E-state index is 0.211. The molecule has 0 unspecified atom stereocenters. The van der Waals surface area contributed by atoms with Gasteiger partial charge in [-0.1, -0.05) is 12.1 Å². The van der Waals surface area contributed by atoms with Crippen molar-refractivity contribution >= 4 is 11.7 Å². The molecular formula is C12H11N3O2. The van der Waals surface area contributed by atoms with E-state index in [9.17, 15) is 9.59 Å². The number of rotatable bonds is 2. The van der Waals surface area contributed by atoms with E-state index in [1.165, 1.54) is 18.2 Å². The standard InChI is InChI=1S/C12H11N3O2/c1-8-4-3-7-13-11(8)15-12(17)9-5-2-6-10(16)14-9/h2-7H,1H3,(H,14,16)(H,13,15,17). The molecule has 0 atom stereocenters. The van der Waals surface area contributed by atoms with Gasteiger partial charge in [-0.15, -0.1) is 0 Å². The Labute approximate surface area is 97.5 Å². The van der Waals surface area contributed by atoms with E-state index in [0.29, 0.717) is 5.82 Å². The van der Waals surface area contributed by atoms with Crippen molar-refractivity contribution < 1.29 is 4.79 Å². The molecule has 1 amide bonds. The van der Waals surface area contributed by atoms with Gasteiger partial charge in [0.15, 0.2) is 0 Å². The van der Waals surface area contributed by atoms with Gasteiger partial charge >= 0.3 is 0 Å². The van der Waals surface area contributed by atoms with Crippen LogP contribution in [0.1, 0.15) is 16.1 Å². The molecule has 17 heavy (non-hydrogen) atoms. The number of hydrogen-bond acceptors (Lipinski definition) is 3. The first kappa shape index (κ1) is 11.1. The van der Waals surface area contributed by atoms with Crippen LogP contribution in [0.15, 0.2) is 41.3 Å². The van der Waals surface area contributed by atoms with Crippen LogP contribution in [0, 0.1) is 6.92 Å². The van der Waals surface area contributed by atoms with Crippen molar-refractivity contribution in [3.63, 3.8) is 0 Å². The fraction of sp³-hybridized carbons (Fsp3) is 0.0833. The lowest BCUT2D eigenvalue weighted by Crippen LogP contribution is -2.18. The van der Waals surface area contributed by atoms with E-state index in [-0.39, 0.29) is 17.2 Å². The quantitative estimate of drug-likeness (QED) is 0.815. The van der Waals surface area contributed by atoms with Crippen LogP contribution >= 0.6 is 0 Å². The summed E-state index contributed by atoms with van der Waals surface area (Å²) in [5, 5.41) is 2.63. The number of aromatic nitrogens is 2. The van der Waals surface area contributed by atoms with E-state index in [4.69, 9.17) is 0 Å². The van der Waals surface area contributed by atoms with Crippen molar-refractivity contribution in [3.8, 4) is 0 Å². The van der Waals surface area contributed by atoms with E-state index in [0.717, 1.165) is 5.56 Å². The van der Waals surface area contributed by atoms with Crippen molar-refractivity contribution in [3.05, 3.63) is 58.1 Å². The van der Waals surface area contributed by atoms with Crippen LogP contribution < -0.4 is 10.9 Å². The molecule has 86 valence electrons. The Morgan fingerprint density at radius 2 is 2.12 bits per heavy atom. The number of aryl methyl sites for hydroxylation is 1. The zero-order valence-corrected chi connectivity index (χ0v) is 9.23. The van der Waals surface area contributed by atoms with E-state index in [1.54, 1.807) is 12.3 Å². The molecule has 2 rings (SSSR count). The Kier molecular flexibility index (Phi) is 3.00. The van der Waals surface area contributed by atoms with E-state index in [2.05, 4.69) is 15.3 Å². The summed E-state index contributed by atoms with van der Waals surface area (Å²) in [6.45, 7) is 1.84. The van der Waals surface area contributed by atoms with Crippen LogP contribution in [0.3, 0.4) is 0 Å². The van der Waals surface area contributed by atoms with Gasteiger partial charge in [0, 0.05) is 12.3 Å². The first-order chi connectivity index (χ1) is 8.16. The van der Waals surface area contributed by atoms with Gasteiger partial charge in [-0.05, 0) is 24.6 Å². The second-order valence-electron chi connectivity index (χ2n) is 3.55. The molecule has 0 saturated carbocycles. The molecule has 0 aliphatic heterocycles. The number of hydrogen-bond donors (Lipinski definition) is 2. The Morgan fingerprint density at radius 1 is 1.29 bits per heavy atom. The van der Waals surface area contributed by atoms with Crippen molar-refractivity contribution in [1.29, 1.82) is 0 Å². The third kappa shape index (κ3) is 2.57. The summed E-state index contributed by atoms with van der Waals surface area (Å²) >= 11 is 0. The first-order valence-electron chi connectivity index (χ1n) is 5.09. The Balaban J connectivity index is 2.23. The maximum absolute atomic E-state index is 11.8. The molecule has 2 heterocycles. The highest BCUT2D eigenvalue weighted by Gasteiger charge is 2.08. The summed E-state index contributed by atoms with van der Waals surface area (Å²) in [5.41, 5.74) is 0.761. The monoisotopic (exact) mass is 229 g/mol. The molecule has 2 aromatic rings. The fourth-order valence-corrected chi connectivity index (χ4v) is 1.37. The van der Waals surface area contributed by atoms with Crippen molar-refractivity contribution in [2.75, 3.05) is 5.32 Å². The number of H-pyrrole nitrogens is 1. The number of nitrogens with zero attached hydrogens (tertiary/aromatic N) is 1. The highest BCUT2D eigenvalue weighted by Crippen LogP contribution is 2.09. The SMILES string of the molecule is Cc1cccnc1NC(=O)c1cccc(=O)[nH]1. The lowest BCUT2D eigenvalue weighted by Gasteiger charge is -2.06. The lowest BCUT2D eigenvalue weighted by molar-refractivity contribution is 0.102. The lowest BCUT2D eigenvalue weighted by atomic mass is 10.3. The van der Waals surface area contributed by atoms with E-state index >= 15 is 0 Å². The number of carbonyl (C=O) groups is 1. The van der Waals surface area contributed by atoms with E-state index < -0.39 is 0 Å². The van der Waals surface area contributed by atoms with Gasteiger partial charge in [-0.2, -0.15) is 0 Å². The van der Waals surface area contributed by atoms with Crippen LogP contribution in [0.5, 0.6) is 0 Å². The fourth-order valence-electron chi connectivity index (χ4n) is 1.37. The van der Waals surface area contributed by atoms with Crippen molar-refractivity contribution in [1.82, 2.24) is 9.97 Å². The molecule has 0 aliphatic rings. The third-order valence-electron chi connectivity index (χ3n) is 2.25. The minimum atomic E-state index is -0.385. The van der Waals surface area contributed by atoms with Crippen molar-refractivity contribution in [2.45, 2.75) is 6.92 Å². The van der Waals surface area contributed by atoms with Gasteiger partial charge < -0.3 is 10.3 Å². The molecule has 0 aromatic carbocycles. The number of aromatic amines is 1. The third-order valence-corrected chi connectivity index (χ3v) is 2.25. The molecule has 0 radical (unpaired) electrons. The normalized spacial score (nSPS) is 9.94. The summed E-state index contributed by atoms with van der Waals surface area (Å²) < 4.78 is 0. The summed E-state index contributed by atoms with van der Waals surface area (Å²) in [4.78, 5) is 29.4. The minimum Gasteiger partial charge on any atom is -0.318 e. The topological polar surface area (TPSA) is 74.8 Å². The Hall–Kier alpha value is -2.43. The first-order valence-corrected chi connectivity index (χ1v) is 5.09. The number of amides is 1. The molecule has 0 saturated heterocycles. The number of pyridine rings is 2. The molecule has 5 nitrogen and oxygen atoms in total. The average molecular weight is 229 g/mol. The molecular weight excluding hydrogens is 218 g/mol. The van der Waals surface area contributed by atoms with Crippen LogP contribution in [0.4, 0.5) is 5.82 Å². The molecule has 0 aliphatic carbocycles. The van der Waals surface area contributed by atoms with Crippen LogP contribution in [0.25, 0.3) is 0 Å². The molecule has 0 fully saturated rings. The molecule has 0 spiro atoms. The van der Waals surface area contributed by atoms with Gasteiger partial charge in [-0.3, -0.25) is 9.59 Å². The summed E-state index contributed by atoms with van der Waals surface area (Å²) in [6.07, 6.45) is 1.59. The number of nitrogens with one attached hydrogen (secondary N) is 2. The predicted octanol–water partition coefficient (Wildman–Crippen LogP) is 1.33. The van der Waals surface area contributed by atoms with Crippen molar-refractivity contribution in [2.24, 2.45) is 0 Å². The van der Waals surface area contributed by atoms with Gasteiger partial charge in [0.2, 0.25) is 5.56 Å². The molecule has 2 aromatic heterocycles. The molecule has 0 bridgehead atoms. The van der Waals surface area contributed by atoms with Gasteiger partial charge in [0.25, 0.3) is 5.91 Å². The maximum atomic E-state index is 11.8. The zero-order valence-electron chi connectivity index (χ0n) is 9.23. The maximum Gasteiger partial charge on any atom is 0.273 e. The second kappa shape index (κ2) is 4.61. The highest BCUT2D eigenvalue weighted by molar-refractivity contribution is 6.02. The average Bonchev–Trinajstić information content (AvgIpc) is 2.32. The van der Waals surface area contributed by atoms with Gasteiger partial charge in [0.05, 0.1) is 0 Å². The molecule has 2 N–H and O–H groups in total. The smallest absolute Gasteiger partial charge is 0.273 e. The van der Waals surface area contributed by atoms with E-state index in [1.807, 2.05) is 13.0 Å². The van der Waals surface area contributed by atoms with Crippen LogP contribution in [-0.4, -0.2) is 15.9 Å². The Bertz CT molecular complexity index is 604. The summed E-state index contributed by atoms with van der Waals surface area (Å²) in [6, 6.07) is 8.04. The number of anilines is 1. The largest absolute Gasteiger partial charge is 0.318 e. The Morgan fingerprint density at radius 3 is 2.82 bits per heavy atom. The molecule has 5 heteroatoms.